The summed E-state index contributed by atoms with van der Waals surface area (Å²) in [4.78, 5) is 2.45. The highest BCUT2D eigenvalue weighted by molar-refractivity contribution is 9.10. The Morgan fingerprint density at radius 1 is 1.30 bits per heavy atom. The van der Waals surface area contributed by atoms with Gasteiger partial charge >= 0.3 is 0 Å². The largest absolute Gasteiger partial charge is 0.503 e. The summed E-state index contributed by atoms with van der Waals surface area (Å²) in [5.41, 5.74) is 1.15. The van der Waals surface area contributed by atoms with E-state index in [1.807, 2.05) is 12.1 Å². The molecule has 0 fully saturated rings. The maximum absolute atomic E-state index is 9.85. The second-order valence-corrected chi connectivity index (χ2v) is 6.25. The number of hydrogen-bond acceptors (Lipinski definition) is 3. The molecule has 0 aliphatic heterocycles. The zero-order valence-electron chi connectivity index (χ0n) is 12.9. The predicted octanol–water partition coefficient (Wildman–Crippen LogP) is 4.56. The molecule has 114 valence electrons. The quantitative estimate of drug-likeness (QED) is 0.702. The Morgan fingerprint density at radius 3 is 2.55 bits per heavy atom. The SMILES string of the molecule is CCCCCN(Cc1cc(Br)c(O)c(OC)c1)C(C)C. The summed E-state index contributed by atoms with van der Waals surface area (Å²) >= 11 is 3.38. The van der Waals surface area contributed by atoms with E-state index in [0.29, 0.717) is 16.3 Å². The molecule has 0 radical (unpaired) electrons. The van der Waals surface area contributed by atoms with Gasteiger partial charge in [0.2, 0.25) is 0 Å². The van der Waals surface area contributed by atoms with Crippen LogP contribution in [0.4, 0.5) is 0 Å². The maximum Gasteiger partial charge on any atom is 0.172 e. The van der Waals surface area contributed by atoms with Crippen LogP contribution in [0.15, 0.2) is 16.6 Å². The number of aromatic hydroxyl groups is 1. The van der Waals surface area contributed by atoms with Gasteiger partial charge < -0.3 is 9.84 Å². The number of halogens is 1. The lowest BCUT2D eigenvalue weighted by Crippen LogP contribution is -2.31. The van der Waals surface area contributed by atoms with E-state index in [2.05, 4.69) is 41.6 Å². The van der Waals surface area contributed by atoms with Gasteiger partial charge in [-0.25, -0.2) is 0 Å². The van der Waals surface area contributed by atoms with E-state index in [9.17, 15) is 5.11 Å². The summed E-state index contributed by atoms with van der Waals surface area (Å²) in [6.07, 6.45) is 3.74. The molecular weight excluding hydrogens is 318 g/mol. The van der Waals surface area contributed by atoms with Gasteiger partial charge in [-0.3, -0.25) is 4.90 Å². The van der Waals surface area contributed by atoms with Crippen LogP contribution in [0.3, 0.4) is 0 Å². The number of unbranched alkanes of at least 4 members (excludes halogenated alkanes) is 2. The van der Waals surface area contributed by atoms with Crippen molar-refractivity contribution >= 4 is 15.9 Å². The minimum Gasteiger partial charge on any atom is -0.503 e. The Kier molecular flexibility index (Phi) is 7.38. The normalized spacial score (nSPS) is 11.3. The lowest BCUT2D eigenvalue weighted by molar-refractivity contribution is 0.208. The van der Waals surface area contributed by atoms with Crippen LogP contribution in [0.25, 0.3) is 0 Å². The van der Waals surface area contributed by atoms with Crippen molar-refractivity contribution < 1.29 is 9.84 Å². The van der Waals surface area contributed by atoms with E-state index < -0.39 is 0 Å². The summed E-state index contributed by atoms with van der Waals surface area (Å²) < 4.78 is 5.89. The molecule has 1 aromatic rings. The third-order valence-electron chi connectivity index (χ3n) is 3.47. The molecule has 1 N–H and O–H groups in total. The van der Waals surface area contributed by atoms with Gasteiger partial charge in [0, 0.05) is 12.6 Å². The molecule has 0 aliphatic carbocycles. The van der Waals surface area contributed by atoms with Crippen molar-refractivity contribution in [1.29, 1.82) is 0 Å². The minimum absolute atomic E-state index is 0.165. The first-order chi connectivity index (χ1) is 9.49. The van der Waals surface area contributed by atoms with Crippen LogP contribution >= 0.6 is 15.9 Å². The molecule has 1 rings (SSSR count). The van der Waals surface area contributed by atoms with Crippen molar-refractivity contribution in [3.63, 3.8) is 0 Å². The number of phenols is 1. The van der Waals surface area contributed by atoms with E-state index in [1.54, 1.807) is 7.11 Å². The maximum atomic E-state index is 9.85. The Balaban J connectivity index is 2.80. The first-order valence-corrected chi connectivity index (χ1v) is 8.08. The Bertz CT molecular complexity index is 421. The summed E-state index contributed by atoms with van der Waals surface area (Å²) in [5.74, 6) is 0.685. The van der Waals surface area contributed by atoms with Crippen LogP contribution in [0.5, 0.6) is 11.5 Å². The molecule has 0 saturated carbocycles. The van der Waals surface area contributed by atoms with Crippen molar-refractivity contribution in [2.75, 3.05) is 13.7 Å². The fraction of sp³-hybridized carbons (Fsp3) is 0.625. The molecule has 0 spiro atoms. The number of methoxy groups -OCH3 is 1. The fourth-order valence-electron chi connectivity index (χ4n) is 2.19. The van der Waals surface area contributed by atoms with Crippen LogP contribution in [-0.2, 0) is 6.54 Å². The number of ether oxygens (including phenoxy) is 1. The van der Waals surface area contributed by atoms with Crippen LogP contribution in [0.2, 0.25) is 0 Å². The monoisotopic (exact) mass is 343 g/mol. The summed E-state index contributed by atoms with van der Waals surface area (Å²) in [6.45, 7) is 8.64. The van der Waals surface area contributed by atoms with Crippen molar-refractivity contribution in [2.24, 2.45) is 0 Å². The average Bonchev–Trinajstić information content (AvgIpc) is 2.41. The molecule has 20 heavy (non-hydrogen) atoms. The van der Waals surface area contributed by atoms with E-state index in [-0.39, 0.29) is 5.75 Å². The zero-order chi connectivity index (χ0) is 15.1. The van der Waals surface area contributed by atoms with Gasteiger partial charge in [0.25, 0.3) is 0 Å². The zero-order valence-corrected chi connectivity index (χ0v) is 14.5. The van der Waals surface area contributed by atoms with E-state index in [4.69, 9.17) is 4.74 Å². The first kappa shape index (κ1) is 17.3. The highest BCUT2D eigenvalue weighted by Crippen LogP contribution is 2.35. The highest BCUT2D eigenvalue weighted by atomic mass is 79.9. The standard InChI is InChI=1S/C16H26BrNO2/c1-5-6-7-8-18(12(2)3)11-13-9-14(17)16(19)15(10-13)20-4/h9-10,12,19H,5-8,11H2,1-4H3. The van der Waals surface area contributed by atoms with Crippen LogP contribution in [-0.4, -0.2) is 29.7 Å². The molecule has 0 bridgehead atoms. The number of nitrogens with zero attached hydrogens (tertiary/aromatic N) is 1. The van der Waals surface area contributed by atoms with Crippen molar-refractivity contribution in [1.82, 2.24) is 4.90 Å². The van der Waals surface area contributed by atoms with Crippen LogP contribution < -0.4 is 4.74 Å². The lowest BCUT2D eigenvalue weighted by Gasteiger charge is -2.27. The average molecular weight is 344 g/mol. The molecular formula is C16H26BrNO2. The van der Waals surface area contributed by atoms with E-state index in [1.165, 1.54) is 19.3 Å². The van der Waals surface area contributed by atoms with Gasteiger partial charge in [-0.15, -0.1) is 0 Å². The second kappa shape index (κ2) is 8.53. The molecule has 3 nitrogen and oxygen atoms in total. The van der Waals surface area contributed by atoms with Gasteiger partial charge in [0.15, 0.2) is 11.5 Å². The molecule has 0 heterocycles. The van der Waals surface area contributed by atoms with Crippen molar-refractivity contribution in [3.8, 4) is 11.5 Å². The smallest absolute Gasteiger partial charge is 0.172 e. The van der Waals surface area contributed by atoms with E-state index in [0.717, 1.165) is 18.7 Å². The molecule has 0 unspecified atom stereocenters. The number of hydrogen-bond donors (Lipinski definition) is 1. The third kappa shape index (κ3) is 4.98. The highest BCUT2D eigenvalue weighted by Gasteiger charge is 2.13. The topological polar surface area (TPSA) is 32.7 Å². The molecule has 0 saturated heterocycles. The Labute approximate surface area is 131 Å². The summed E-state index contributed by atoms with van der Waals surface area (Å²) in [6, 6.07) is 4.38. The fourth-order valence-corrected chi connectivity index (χ4v) is 2.68. The van der Waals surface area contributed by atoms with Crippen molar-refractivity contribution in [2.45, 2.75) is 52.6 Å². The number of rotatable bonds is 8. The molecule has 0 aliphatic rings. The summed E-state index contributed by atoms with van der Waals surface area (Å²) in [7, 11) is 1.58. The molecule has 4 heteroatoms. The Morgan fingerprint density at radius 2 is 2.00 bits per heavy atom. The van der Waals surface area contributed by atoms with E-state index >= 15 is 0 Å². The molecule has 0 aromatic heterocycles. The van der Waals surface area contributed by atoms with Crippen LogP contribution in [0.1, 0.15) is 45.6 Å². The van der Waals surface area contributed by atoms with Gasteiger partial charge in [0.05, 0.1) is 11.6 Å². The number of benzene rings is 1. The Hall–Kier alpha value is -0.740. The minimum atomic E-state index is 0.165. The van der Waals surface area contributed by atoms with Crippen LogP contribution in [0, 0.1) is 0 Å². The number of phenolic OH excluding ortho intramolecular Hbond substituents is 1. The van der Waals surface area contributed by atoms with Gasteiger partial charge in [-0.2, -0.15) is 0 Å². The third-order valence-corrected chi connectivity index (χ3v) is 4.08. The van der Waals surface area contributed by atoms with Crippen molar-refractivity contribution in [3.05, 3.63) is 22.2 Å². The van der Waals surface area contributed by atoms with Gasteiger partial charge in [-0.1, -0.05) is 19.8 Å². The van der Waals surface area contributed by atoms with Gasteiger partial charge in [-0.05, 0) is 60.4 Å². The van der Waals surface area contributed by atoms with Gasteiger partial charge in [0.1, 0.15) is 0 Å². The second-order valence-electron chi connectivity index (χ2n) is 5.40. The first-order valence-electron chi connectivity index (χ1n) is 7.29. The lowest BCUT2D eigenvalue weighted by atomic mass is 10.1. The molecule has 0 atom stereocenters. The predicted molar refractivity (Wildman–Crippen MR) is 87.4 cm³/mol. The summed E-state index contributed by atoms with van der Waals surface area (Å²) in [5, 5.41) is 9.85. The molecule has 0 amide bonds. The molecule has 1 aromatic carbocycles.